The van der Waals surface area contributed by atoms with E-state index in [1.807, 2.05) is 0 Å². The fraction of sp³-hybridized carbons (Fsp3) is 0.308. The number of primary amides is 1. The monoisotopic (exact) mass is 250 g/mol. The Kier molecular flexibility index (Phi) is 2.86. The molecule has 4 nitrogen and oxygen atoms in total. The van der Waals surface area contributed by atoms with Gasteiger partial charge in [0.25, 0.3) is 5.91 Å². The molecule has 0 atom stereocenters. The number of nitrogens with two attached hydrogens (primary N) is 1. The van der Waals surface area contributed by atoms with Crippen molar-refractivity contribution < 1.29 is 14.3 Å². The molecule has 2 aromatic rings. The topological polar surface area (TPSA) is 79.1 Å². The van der Waals surface area contributed by atoms with Crippen LogP contribution in [0.4, 0.5) is 4.39 Å². The molecule has 96 valence electrons. The number of hydrogen-bond acceptors (Lipinski definition) is 2. The fourth-order valence-electron chi connectivity index (χ4n) is 2.07. The normalized spacial score (nSPS) is 12.0. The van der Waals surface area contributed by atoms with Gasteiger partial charge >= 0.3 is 0 Å². The van der Waals surface area contributed by atoms with Crippen LogP contribution in [0.3, 0.4) is 0 Å². The minimum Gasteiger partial charge on any atom is -0.390 e. The molecule has 0 saturated carbocycles. The summed E-state index contributed by atoms with van der Waals surface area (Å²) in [5.41, 5.74) is 5.74. The maximum Gasteiger partial charge on any atom is 0.251 e. The summed E-state index contributed by atoms with van der Waals surface area (Å²) in [6.45, 7) is 3.26. The first-order chi connectivity index (χ1) is 8.28. The maximum atomic E-state index is 13.2. The number of carbonyl (C=O) groups excluding carboxylic acids is 1. The minimum atomic E-state index is -0.983. The third-order valence-corrected chi connectivity index (χ3v) is 2.69. The van der Waals surface area contributed by atoms with Gasteiger partial charge in [0.1, 0.15) is 5.82 Å². The third-order valence-electron chi connectivity index (χ3n) is 2.69. The minimum absolute atomic E-state index is 0.238. The molecule has 0 spiro atoms. The predicted molar refractivity (Wildman–Crippen MR) is 66.8 cm³/mol. The summed E-state index contributed by atoms with van der Waals surface area (Å²) >= 11 is 0. The lowest BCUT2D eigenvalue weighted by atomic mass is 9.99. The van der Waals surface area contributed by atoms with Gasteiger partial charge < -0.3 is 15.8 Å². The Labute approximate surface area is 104 Å². The molecule has 0 unspecified atom stereocenters. The van der Waals surface area contributed by atoms with E-state index in [0.717, 1.165) is 0 Å². The van der Waals surface area contributed by atoms with Gasteiger partial charge in [0.05, 0.1) is 11.2 Å². The molecule has 0 aliphatic rings. The number of benzene rings is 1. The van der Waals surface area contributed by atoms with Gasteiger partial charge in [-0.05, 0) is 32.0 Å². The number of aliphatic hydroxyl groups is 1. The Morgan fingerprint density at radius 3 is 2.72 bits per heavy atom. The van der Waals surface area contributed by atoms with Gasteiger partial charge in [-0.15, -0.1) is 0 Å². The zero-order valence-electron chi connectivity index (χ0n) is 10.2. The summed E-state index contributed by atoms with van der Waals surface area (Å²) in [6.07, 6.45) is 0.238. The Morgan fingerprint density at radius 2 is 2.17 bits per heavy atom. The lowest BCUT2D eigenvalue weighted by molar-refractivity contribution is 0.0797. The number of fused-ring (bicyclic) bond motifs is 1. The standard InChI is InChI=1S/C13H15FN2O2/c1-13(2,18)6-10-11(12(15)17)8-5-7(14)3-4-9(8)16-10/h3-5,16,18H,6H2,1-2H3,(H2,15,17). The van der Waals surface area contributed by atoms with E-state index in [1.165, 1.54) is 12.1 Å². The van der Waals surface area contributed by atoms with Gasteiger partial charge in [-0.2, -0.15) is 0 Å². The zero-order valence-corrected chi connectivity index (χ0v) is 10.2. The summed E-state index contributed by atoms with van der Waals surface area (Å²) in [6, 6.07) is 4.11. The van der Waals surface area contributed by atoms with E-state index >= 15 is 0 Å². The molecule has 0 aliphatic carbocycles. The number of hydrogen-bond donors (Lipinski definition) is 3. The number of carbonyl (C=O) groups is 1. The second-order valence-electron chi connectivity index (χ2n) is 5.02. The van der Waals surface area contributed by atoms with Crippen molar-refractivity contribution in [2.45, 2.75) is 25.9 Å². The molecule has 5 heteroatoms. The molecular formula is C13H15FN2O2. The van der Waals surface area contributed by atoms with E-state index in [-0.39, 0.29) is 12.0 Å². The highest BCUT2D eigenvalue weighted by Crippen LogP contribution is 2.25. The first-order valence-corrected chi connectivity index (χ1v) is 5.60. The molecule has 0 bridgehead atoms. The number of nitrogens with one attached hydrogen (secondary N) is 1. The van der Waals surface area contributed by atoms with Crippen LogP contribution in [-0.2, 0) is 6.42 Å². The van der Waals surface area contributed by atoms with Crippen LogP contribution in [0.2, 0.25) is 0 Å². The number of rotatable bonds is 3. The number of H-pyrrole nitrogens is 1. The van der Waals surface area contributed by atoms with Crippen molar-refractivity contribution in [3.8, 4) is 0 Å². The number of amides is 1. The van der Waals surface area contributed by atoms with E-state index in [2.05, 4.69) is 4.98 Å². The van der Waals surface area contributed by atoms with Crippen LogP contribution in [0, 0.1) is 5.82 Å². The van der Waals surface area contributed by atoms with Crippen molar-refractivity contribution in [1.29, 1.82) is 0 Å². The molecule has 1 aromatic carbocycles. The Hall–Kier alpha value is -1.88. The van der Waals surface area contributed by atoms with Gasteiger partial charge in [-0.1, -0.05) is 0 Å². The number of aromatic amines is 1. The summed E-state index contributed by atoms with van der Waals surface area (Å²) in [5.74, 6) is -1.06. The average Bonchev–Trinajstić information content (AvgIpc) is 2.51. The molecule has 1 heterocycles. The van der Waals surface area contributed by atoms with E-state index in [9.17, 15) is 14.3 Å². The van der Waals surface area contributed by atoms with Gasteiger partial charge in [0.2, 0.25) is 0 Å². The SMILES string of the molecule is CC(C)(O)Cc1[nH]c2ccc(F)cc2c1C(N)=O. The summed E-state index contributed by atoms with van der Waals surface area (Å²) in [5, 5.41) is 10.3. The molecule has 0 aliphatic heterocycles. The largest absolute Gasteiger partial charge is 0.390 e. The van der Waals surface area contributed by atoms with Crippen LogP contribution in [0.5, 0.6) is 0 Å². The van der Waals surface area contributed by atoms with Crippen LogP contribution in [0.25, 0.3) is 10.9 Å². The highest BCUT2D eigenvalue weighted by atomic mass is 19.1. The average molecular weight is 250 g/mol. The van der Waals surface area contributed by atoms with Crippen molar-refractivity contribution in [2.24, 2.45) is 5.73 Å². The highest BCUT2D eigenvalue weighted by Gasteiger charge is 2.22. The van der Waals surface area contributed by atoms with Gasteiger partial charge in [0, 0.05) is 23.0 Å². The van der Waals surface area contributed by atoms with Crippen LogP contribution in [0.15, 0.2) is 18.2 Å². The Morgan fingerprint density at radius 1 is 1.50 bits per heavy atom. The molecular weight excluding hydrogens is 235 g/mol. The number of aromatic nitrogens is 1. The molecule has 1 aromatic heterocycles. The zero-order chi connectivity index (χ0) is 13.5. The first-order valence-electron chi connectivity index (χ1n) is 5.60. The van der Waals surface area contributed by atoms with Crippen LogP contribution < -0.4 is 5.73 Å². The van der Waals surface area contributed by atoms with E-state index < -0.39 is 17.3 Å². The lowest BCUT2D eigenvalue weighted by Crippen LogP contribution is -2.24. The number of halogens is 1. The highest BCUT2D eigenvalue weighted by molar-refractivity contribution is 6.07. The molecule has 2 rings (SSSR count). The Balaban J connectivity index is 2.66. The van der Waals surface area contributed by atoms with Crippen molar-refractivity contribution in [3.63, 3.8) is 0 Å². The first kappa shape index (κ1) is 12.6. The maximum absolute atomic E-state index is 13.2. The van der Waals surface area contributed by atoms with Crippen molar-refractivity contribution in [3.05, 3.63) is 35.3 Å². The molecule has 18 heavy (non-hydrogen) atoms. The van der Waals surface area contributed by atoms with Crippen LogP contribution >= 0.6 is 0 Å². The Bertz CT molecular complexity index is 611. The summed E-state index contributed by atoms with van der Waals surface area (Å²) < 4.78 is 13.2. The summed E-state index contributed by atoms with van der Waals surface area (Å²) in [4.78, 5) is 14.5. The molecule has 0 fully saturated rings. The van der Waals surface area contributed by atoms with Crippen molar-refractivity contribution in [2.75, 3.05) is 0 Å². The van der Waals surface area contributed by atoms with E-state index in [1.54, 1.807) is 19.9 Å². The molecule has 0 radical (unpaired) electrons. The second kappa shape index (κ2) is 4.10. The molecule has 4 N–H and O–H groups in total. The third kappa shape index (κ3) is 2.36. The van der Waals surface area contributed by atoms with Crippen LogP contribution in [0.1, 0.15) is 29.9 Å². The quantitative estimate of drug-likeness (QED) is 0.775. The van der Waals surface area contributed by atoms with E-state index in [0.29, 0.717) is 16.6 Å². The predicted octanol–water partition coefficient (Wildman–Crippen LogP) is 1.72. The molecule has 1 amide bonds. The van der Waals surface area contributed by atoms with Gasteiger partial charge in [-0.25, -0.2) is 4.39 Å². The van der Waals surface area contributed by atoms with Gasteiger partial charge in [-0.3, -0.25) is 4.79 Å². The smallest absolute Gasteiger partial charge is 0.251 e. The van der Waals surface area contributed by atoms with Gasteiger partial charge in [0.15, 0.2) is 0 Å². The fourth-order valence-corrected chi connectivity index (χ4v) is 2.07. The summed E-state index contributed by atoms with van der Waals surface area (Å²) in [7, 11) is 0. The second-order valence-corrected chi connectivity index (χ2v) is 5.02. The van der Waals surface area contributed by atoms with Crippen LogP contribution in [-0.4, -0.2) is 21.6 Å². The lowest BCUT2D eigenvalue weighted by Gasteiger charge is -2.16. The van der Waals surface area contributed by atoms with Crippen molar-refractivity contribution in [1.82, 2.24) is 4.98 Å². The van der Waals surface area contributed by atoms with E-state index in [4.69, 9.17) is 5.73 Å². The molecule has 0 saturated heterocycles. The van der Waals surface area contributed by atoms with Crippen molar-refractivity contribution >= 4 is 16.8 Å².